The Morgan fingerprint density at radius 1 is 1.21 bits per heavy atom. The fourth-order valence-corrected chi connectivity index (χ4v) is 5.01. The molecule has 0 N–H and O–H groups in total. The normalized spacial score (nSPS) is 21.4. The van der Waals surface area contributed by atoms with E-state index in [1.165, 1.54) is 0 Å². The van der Waals surface area contributed by atoms with Crippen molar-refractivity contribution in [3.63, 3.8) is 0 Å². The number of pyridine rings is 2. The summed E-state index contributed by atoms with van der Waals surface area (Å²) in [6.45, 7) is 9.32. The Balaban J connectivity index is 1.43. The molecule has 0 aliphatic carbocycles. The van der Waals surface area contributed by atoms with E-state index in [0.717, 1.165) is 35.4 Å². The van der Waals surface area contributed by atoms with Gasteiger partial charge in [-0.3, -0.25) is 14.4 Å². The van der Waals surface area contributed by atoms with E-state index in [1.807, 2.05) is 12.3 Å². The maximum atomic E-state index is 12.7. The number of piperazine rings is 1. The van der Waals surface area contributed by atoms with Gasteiger partial charge in [0.1, 0.15) is 25.3 Å². The predicted molar refractivity (Wildman–Crippen MR) is 127 cm³/mol. The van der Waals surface area contributed by atoms with Crippen LogP contribution in [0.3, 0.4) is 0 Å². The first kappa shape index (κ1) is 22.2. The summed E-state index contributed by atoms with van der Waals surface area (Å²) in [5, 5.41) is 13.7. The molecule has 10 nitrogen and oxygen atoms in total. The van der Waals surface area contributed by atoms with E-state index in [2.05, 4.69) is 46.7 Å². The average molecular weight is 464 g/mol. The third-order valence-electron chi connectivity index (χ3n) is 6.91. The molecule has 178 valence electrons. The summed E-state index contributed by atoms with van der Waals surface area (Å²) in [6, 6.07) is 6.33. The molecule has 2 aliphatic heterocycles. The summed E-state index contributed by atoms with van der Waals surface area (Å²) >= 11 is 0. The number of nitrogens with zero attached hydrogens (tertiary/aromatic N) is 7. The van der Waals surface area contributed by atoms with Crippen molar-refractivity contribution < 1.29 is 9.47 Å². The molecule has 1 fully saturated rings. The van der Waals surface area contributed by atoms with E-state index in [0.29, 0.717) is 24.8 Å². The van der Waals surface area contributed by atoms with Gasteiger partial charge >= 0.3 is 0 Å². The van der Waals surface area contributed by atoms with Gasteiger partial charge in [-0.2, -0.15) is 10.4 Å². The van der Waals surface area contributed by atoms with E-state index >= 15 is 0 Å². The summed E-state index contributed by atoms with van der Waals surface area (Å²) in [5.41, 5.74) is 3.30. The van der Waals surface area contributed by atoms with E-state index in [-0.39, 0.29) is 30.2 Å². The van der Waals surface area contributed by atoms with Crippen LogP contribution >= 0.6 is 0 Å². The van der Waals surface area contributed by atoms with Crippen LogP contribution in [0.15, 0.2) is 29.3 Å². The Hall–Kier alpha value is -3.58. The third kappa shape index (κ3) is 3.76. The van der Waals surface area contributed by atoms with Crippen LogP contribution in [0.25, 0.3) is 11.0 Å². The van der Waals surface area contributed by atoms with Crippen LogP contribution in [0.2, 0.25) is 0 Å². The van der Waals surface area contributed by atoms with Gasteiger partial charge in [-0.1, -0.05) is 0 Å². The number of fused-ring (bicyclic) bond motifs is 2. The van der Waals surface area contributed by atoms with Crippen LogP contribution < -0.4 is 19.9 Å². The SMILES string of the molecule is CC(c1cnc2c(c1)OCCO2)N1C[C@H](C)N(c2cc(=O)n(C)c3cn(CC#N)nc23)C[C@H]1C. The van der Waals surface area contributed by atoms with Crippen LogP contribution in [0.1, 0.15) is 32.4 Å². The highest BCUT2D eigenvalue weighted by molar-refractivity contribution is 5.88. The Labute approximate surface area is 197 Å². The van der Waals surface area contributed by atoms with E-state index in [9.17, 15) is 4.79 Å². The second-order valence-corrected chi connectivity index (χ2v) is 9.14. The number of hydrogen-bond acceptors (Lipinski definition) is 8. The predicted octanol–water partition coefficient (Wildman–Crippen LogP) is 2.08. The van der Waals surface area contributed by atoms with Gasteiger partial charge in [-0.05, 0) is 32.4 Å². The number of aromatic nitrogens is 4. The van der Waals surface area contributed by atoms with E-state index < -0.39 is 0 Å². The maximum absolute atomic E-state index is 12.7. The van der Waals surface area contributed by atoms with Crippen LogP contribution in [0, 0.1) is 11.3 Å². The lowest BCUT2D eigenvalue weighted by molar-refractivity contribution is 0.118. The van der Waals surface area contributed by atoms with Gasteiger partial charge in [-0.25, -0.2) is 4.98 Å². The van der Waals surface area contributed by atoms with Crippen molar-refractivity contribution in [2.45, 2.75) is 45.4 Å². The number of ether oxygens (including phenoxy) is 2. The first-order valence-electron chi connectivity index (χ1n) is 11.6. The number of rotatable bonds is 4. The molecule has 0 radical (unpaired) electrons. The largest absolute Gasteiger partial charge is 0.484 e. The van der Waals surface area contributed by atoms with Crippen molar-refractivity contribution in [2.75, 3.05) is 31.2 Å². The zero-order valence-corrected chi connectivity index (χ0v) is 19.9. The highest BCUT2D eigenvalue weighted by Crippen LogP contribution is 2.35. The zero-order chi connectivity index (χ0) is 24.0. The molecule has 0 aromatic carbocycles. The summed E-state index contributed by atoms with van der Waals surface area (Å²) < 4.78 is 14.5. The lowest BCUT2D eigenvalue weighted by Crippen LogP contribution is -2.57. The van der Waals surface area contributed by atoms with Crippen molar-refractivity contribution >= 4 is 16.7 Å². The first-order valence-corrected chi connectivity index (χ1v) is 11.6. The minimum Gasteiger partial charge on any atom is -0.484 e. The molecule has 1 unspecified atom stereocenters. The average Bonchev–Trinajstić information content (AvgIpc) is 3.26. The molecular weight excluding hydrogens is 434 g/mol. The monoisotopic (exact) mass is 463 g/mol. The number of nitriles is 1. The van der Waals surface area contributed by atoms with Crippen LogP contribution in [-0.4, -0.2) is 62.6 Å². The number of hydrogen-bond donors (Lipinski definition) is 0. The quantitative estimate of drug-likeness (QED) is 0.580. The van der Waals surface area contributed by atoms with Crippen LogP contribution in [0.5, 0.6) is 11.6 Å². The third-order valence-corrected chi connectivity index (χ3v) is 6.91. The summed E-state index contributed by atoms with van der Waals surface area (Å²) in [6.07, 6.45) is 3.64. The van der Waals surface area contributed by atoms with Crippen LogP contribution in [0.4, 0.5) is 5.69 Å². The van der Waals surface area contributed by atoms with Gasteiger partial charge in [0.05, 0.1) is 23.5 Å². The molecular formula is C24H29N7O3. The summed E-state index contributed by atoms with van der Waals surface area (Å²) in [5.74, 6) is 1.25. The zero-order valence-electron chi connectivity index (χ0n) is 19.9. The molecule has 3 aromatic rings. The Bertz CT molecular complexity index is 1320. The van der Waals surface area contributed by atoms with Crippen molar-refractivity contribution in [3.8, 4) is 17.7 Å². The minimum absolute atomic E-state index is 0.0861. The molecule has 0 spiro atoms. The van der Waals surface area contributed by atoms with Gasteiger partial charge in [0.25, 0.3) is 11.4 Å². The lowest BCUT2D eigenvalue weighted by atomic mass is 10.0. The number of anilines is 1. The Morgan fingerprint density at radius 2 is 2.00 bits per heavy atom. The Kier molecular flexibility index (Phi) is 5.65. The molecule has 0 saturated carbocycles. The second-order valence-electron chi connectivity index (χ2n) is 9.14. The van der Waals surface area contributed by atoms with Crippen molar-refractivity contribution in [3.05, 3.63) is 40.4 Å². The van der Waals surface area contributed by atoms with Crippen molar-refractivity contribution in [1.82, 2.24) is 24.2 Å². The Morgan fingerprint density at radius 3 is 2.79 bits per heavy atom. The molecule has 5 rings (SSSR count). The van der Waals surface area contributed by atoms with Gasteiger partial charge in [0.2, 0.25) is 0 Å². The van der Waals surface area contributed by atoms with Crippen molar-refractivity contribution in [2.24, 2.45) is 7.05 Å². The molecule has 2 aliphatic rings. The highest BCUT2D eigenvalue weighted by atomic mass is 16.6. The summed E-state index contributed by atoms with van der Waals surface area (Å²) in [7, 11) is 1.74. The molecule has 34 heavy (non-hydrogen) atoms. The van der Waals surface area contributed by atoms with Gasteiger partial charge in [0.15, 0.2) is 5.75 Å². The minimum atomic E-state index is -0.0861. The molecule has 3 aromatic heterocycles. The standard InChI is InChI=1S/C24H29N7O3/c1-15-13-31(19-10-22(32)28(4)20-14-29(6-5-25)27-23(19)20)16(2)12-30(15)17(3)18-9-21-24(26-11-18)34-8-7-33-21/h9-11,14-17H,6-8,12-13H2,1-4H3/t15-,16+,17?/m1/s1. The van der Waals surface area contributed by atoms with Crippen molar-refractivity contribution in [1.29, 1.82) is 5.26 Å². The maximum Gasteiger partial charge on any atom is 0.257 e. The van der Waals surface area contributed by atoms with Gasteiger partial charge < -0.3 is 18.9 Å². The topological polar surface area (TPSA) is 101 Å². The summed E-state index contributed by atoms with van der Waals surface area (Å²) in [4.78, 5) is 21.9. The molecule has 0 bridgehead atoms. The fourth-order valence-electron chi connectivity index (χ4n) is 5.01. The lowest BCUT2D eigenvalue weighted by Gasteiger charge is -2.47. The highest BCUT2D eigenvalue weighted by Gasteiger charge is 2.34. The van der Waals surface area contributed by atoms with Crippen LogP contribution in [-0.2, 0) is 13.6 Å². The molecule has 0 amide bonds. The smallest absolute Gasteiger partial charge is 0.257 e. The molecule has 3 atom stereocenters. The molecule has 1 saturated heterocycles. The van der Waals surface area contributed by atoms with Gasteiger partial charge in [0, 0.05) is 50.5 Å². The molecule has 10 heteroatoms. The van der Waals surface area contributed by atoms with E-state index in [1.54, 1.807) is 28.6 Å². The molecule has 5 heterocycles. The second kappa shape index (κ2) is 8.65. The van der Waals surface area contributed by atoms with E-state index in [4.69, 9.17) is 14.7 Å². The number of aryl methyl sites for hydroxylation is 1. The fraction of sp³-hybridized carbons (Fsp3) is 0.500. The van der Waals surface area contributed by atoms with Gasteiger partial charge in [-0.15, -0.1) is 0 Å². The first-order chi connectivity index (χ1) is 16.4.